The Hall–Kier alpha value is -4.71. The van der Waals surface area contributed by atoms with E-state index in [-0.39, 0.29) is 16.4 Å². The smallest absolute Gasteiger partial charge is 0.328 e. The second-order valence-corrected chi connectivity index (χ2v) is 8.97. The third-order valence-electron chi connectivity index (χ3n) is 5.41. The largest absolute Gasteiger partial charge is 0.351 e. The summed E-state index contributed by atoms with van der Waals surface area (Å²) in [5.74, 6) is -4.24. The molecule has 0 aliphatic heterocycles. The van der Waals surface area contributed by atoms with E-state index in [1.807, 2.05) is 31.3 Å². The standard InChI is InChI=1S/C25H19F2N5O4S/c1-12-10-18-19(11-13(12)2)37-25(30-18)32(23(28)35)22(34)14-6-8-15(9-7-14)29-24(36)31-21(33)20-16(26)4-3-5-17(20)27/h3-11H,1-2H3,(H2,28,35)(H2,29,31,33,36). The van der Waals surface area contributed by atoms with Crippen molar-refractivity contribution >= 4 is 56.2 Å². The first-order valence-electron chi connectivity index (χ1n) is 10.7. The lowest BCUT2D eigenvalue weighted by Gasteiger charge is -2.15. The molecule has 0 saturated carbocycles. The van der Waals surface area contributed by atoms with Crippen molar-refractivity contribution in [2.24, 2.45) is 5.73 Å². The summed E-state index contributed by atoms with van der Waals surface area (Å²) >= 11 is 1.14. The average molecular weight is 524 g/mol. The van der Waals surface area contributed by atoms with Gasteiger partial charge in [0, 0.05) is 11.3 Å². The minimum absolute atomic E-state index is 0.0703. The molecule has 37 heavy (non-hydrogen) atoms. The molecule has 0 radical (unpaired) electrons. The van der Waals surface area contributed by atoms with Gasteiger partial charge in [0.1, 0.15) is 17.2 Å². The van der Waals surface area contributed by atoms with Gasteiger partial charge in [-0.15, -0.1) is 0 Å². The van der Waals surface area contributed by atoms with Gasteiger partial charge in [-0.2, -0.15) is 0 Å². The van der Waals surface area contributed by atoms with Crippen LogP contribution in [0.1, 0.15) is 31.8 Å². The van der Waals surface area contributed by atoms with Crippen LogP contribution < -0.4 is 21.3 Å². The zero-order valence-corrected chi connectivity index (χ0v) is 20.3. The second-order valence-electron chi connectivity index (χ2n) is 7.96. The maximum Gasteiger partial charge on any atom is 0.328 e. The molecule has 3 aromatic carbocycles. The number of primary amides is 1. The number of benzene rings is 3. The normalized spacial score (nSPS) is 10.7. The number of imide groups is 2. The summed E-state index contributed by atoms with van der Waals surface area (Å²) < 4.78 is 28.3. The van der Waals surface area contributed by atoms with Gasteiger partial charge >= 0.3 is 12.1 Å². The molecular formula is C25H19F2N5O4S. The number of anilines is 2. The van der Waals surface area contributed by atoms with Crippen molar-refractivity contribution in [3.05, 3.63) is 88.5 Å². The van der Waals surface area contributed by atoms with Crippen molar-refractivity contribution in [3.8, 4) is 0 Å². The molecule has 1 aromatic heterocycles. The molecule has 0 aliphatic carbocycles. The molecule has 12 heteroatoms. The topological polar surface area (TPSA) is 134 Å². The highest BCUT2D eigenvalue weighted by Crippen LogP contribution is 2.31. The molecular weight excluding hydrogens is 504 g/mol. The third kappa shape index (κ3) is 5.28. The number of carbonyl (C=O) groups excluding carboxylic acids is 4. The van der Waals surface area contributed by atoms with E-state index in [1.54, 1.807) is 0 Å². The van der Waals surface area contributed by atoms with Crippen molar-refractivity contribution in [2.75, 3.05) is 10.2 Å². The SMILES string of the molecule is Cc1cc2nc(N(C(N)=O)C(=O)c3ccc(NC(=O)NC(=O)c4c(F)cccc4F)cc3)sc2cc1C. The van der Waals surface area contributed by atoms with Gasteiger partial charge in [-0.25, -0.2) is 28.3 Å². The molecule has 0 atom stereocenters. The van der Waals surface area contributed by atoms with Gasteiger partial charge in [-0.05, 0) is 73.5 Å². The van der Waals surface area contributed by atoms with Crippen LogP contribution in [0.3, 0.4) is 0 Å². The maximum atomic E-state index is 13.7. The molecule has 188 valence electrons. The van der Waals surface area contributed by atoms with Crippen LogP contribution in [0.5, 0.6) is 0 Å². The molecule has 0 bridgehead atoms. The highest BCUT2D eigenvalue weighted by Gasteiger charge is 2.26. The Morgan fingerprint density at radius 2 is 1.57 bits per heavy atom. The number of rotatable bonds is 4. The van der Waals surface area contributed by atoms with E-state index in [1.165, 1.54) is 24.3 Å². The van der Waals surface area contributed by atoms with E-state index in [0.717, 1.165) is 50.3 Å². The Labute approximate surface area is 212 Å². The molecule has 9 nitrogen and oxygen atoms in total. The number of nitrogens with one attached hydrogen (secondary N) is 2. The van der Waals surface area contributed by atoms with E-state index in [2.05, 4.69) is 10.3 Å². The predicted octanol–water partition coefficient (Wildman–Crippen LogP) is 4.88. The number of urea groups is 2. The highest BCUT2D eigenvalue weighted by atomic mass is 32.1. The summed E-state index contributed by atoms with van der Waals surface area (Å²) in [6.45, 7) is 3.87. The number of halogens is 2. The van der Waals surface area contributed by atoms with Gasteiger partial charge in [-0.1, -0.05) is 17.4 Å². The Bertz CT molecular complexity index is 1510. The Morgan fingerprint density at radius 1 is 0.946 bits per heavy atom. The third-order valence-corrected chi connectivity index (χ3v) is 6.42. The molecule has 0 aliphatic rings. The average Bonchev–Trinajstić information content (AvgIpc) is 3.21. The zero-order valence-electron chi connectivity index (χ0n) is 19.5. The zero-order chi connectivity index (χ0) is 26.9. The fraction of sp³-hybridized carbons (Fsp3) is 0.0800. The molecule has 0 fully saturated rings. The number of hydrogen-bond acceptors (Lipinski definition) is 6. The highest BCUT2D eigenvalue weighted by molar-refractivity contribution is 7.22. The minimum Gasteiger partial charge on any atom is -0.351 e. The van der Waals surface area contributed by atoms with Crippen LogP contribution in [-0.2, 0) is 0 Å². The number of aromatic nitrogens is 1. The molecule has 0 saturated heterocycles. The van der Waals surface area contributed by atoms with Gasteiger partial charge in [0.25, 0.3) is 11.8 Å². The summed E-state index contributed by atoms with van der Waals surface area (Å²) in [7, 11) is 0. The molecule has 1 heterocycles. The van der Waals surface area contributed by atoms with Gasteiger partial charge < -0.3 is 11.1 Å². The fourth-order valence-corrected chi connectivity index (χ4v) is 4.46. The van der Waals surface area contributed by atoms with Crippen molar-refractivity contribution in [2.45, 2.75) is 13.8 Å². The van der Waals surface area contributed by atoms with E-state index < -0.39 is 41.1 Å². The van der Waals surface area contributed by atoms with Crippen LogP contribution in [0.15, 0.2) is 54.6 Å². The first-order chi connectivity index (χ1) is 17.5. The van der Waals surface area contributed by atoms with E-state index in [0.29, 0.717) is 5.52 Å². The Balaban J connectivity index is 1.48. The van der Waals surface area contributed by atoms with E-state index >= 15 is 0 Å². The van der Waals surface area contributed by atoms with Crippen LogP contribution in [-0.4, -0.2) is 28.9 Å². The predicted molar refractivity (Wildman–Crippen MR) is 135 cm³/mol. The van der Waals surface area contributed by atoms with E-state index in [4.69, 9.17) is 5.73 Å². The van der Waals surface area contributed by atoms with Crippen molar-refractivity contribution < 1.29 is 28.0 Å². The minimum atomic E-state index is -1.27. The summed E-state index contributed by atoms with van der Waals surface area (Å²) in [6, 6.07) is 9.89. The van der Waals surface area contributed by atoms with E-state index in [9.17, 15) is 28.0 Å². The number of nitrogens with two attached hydrogens (primary N) is 1. The summed E-state index contributed by atoms with van der Waals surface area (Å²) in [5, 5.41) is 4.25. The number of carbonyl (C=O) groups is 4. The lowest BCUT2D eigenvalue weighted by atomic mass is 10.1. The lowest BCUT2D eigenvalue weighted by molar-refractivity contribution is 0.0956. The van der Waals surface area contributed by atoms with Crippen molar-refractivity contribution in [1.29, 1.82) is 0 Å². The van der Waals surface area contributed by atoms with Gasteiger partial charge in [0.2, 0.25) is 5.13 Å². The molecule has 6 amide bonds. The first-order valence-corrected chi connectivity index (χ1v) is 11.5. The Morgan fingerprint density at radius 3 is 2.19 bits per heavy atom. The van der Waals surface area contributed by atoms with Crippen molar-refractivity contribution in [1.82, 2.24) is 10.3 Å². The van der Waals surface area contributed by atoms with Crippen LogP contribution in [0, 0.1) is 25.5 Å². The number of amides is 6. The molecule has 0 unspecified atom stereocenters. The van der Waals surface area contributed by atoms with Crippen LogP contribution >= 0.6 is 11.3 Å². The fourth-order valence-electron chi connectivity index (χ4n) is 3.41. The number of nitrogens with zero attached hydrogens (tertiary/aromatic N) is 2. The maximum absolute atomic E-state index is 13.7. The lowest BCUT2D eigenvalue weighted by Crippen LogP contribution is -2.40. The number of fused-ring (bicyclic) bond motifs is 1. The summed E-state index contributed by atoms with van der Waals surface area (Å²) in [6.07, 6.45) is 0. The van der Waals surface area contributed by atoms with Gasteiger partial charge in [0.05, 0.1) is 10.2 Å². The summed E-state index contributed by atoms with van der Waals surface area (Å²) in [5.41, 5.74) is 7.48. The molecule has 4 N–H and O–H groups in total. The number of thiazole rings is 1. The number of hydrogen-bond donors (Lipinski definition) is 3. The Kier molecular flexibility index (Phi) is 6.94. The number of aryl methyl sites for hydroxylation is 2. The van der Waals surface area contributed by atoms with Crippen LogP contribution in [0.2, 0.25) is 0 Å². The van der Waals surface area contributed by atoms with Gasteiger partial charge in [-0.3, -0.25) is 14.9 Å². The van der Waals surface area contributed by atoms with Crippen LogP contribution in [0.25, 0.3) is 10.2 Å². The first kappa shape index (κ1) is 25.4. The van der Waals surface area contributed by atoms with Crippen molar-refractivity contribution in [3.63, 3.8) is 0 Å². The molecule has 0 spiro atoms. The second kappa shape index (κ2) is 10.1. The quantitative estimate of drug-likeness (QED) is 0.351. The summed E-state index contributed by atoms with van der Waals surface area (Å²) in [4.78, 5) is 54.5. The molecule has 4 aromatic rings. The van der Waals surface area contributed by atoms with Gasteiger partial charge in [0.15, 0.2) is 0 Å². The monoisotopic (exact) mass is 523 g/mol. The van der Waals surface area contributed by atoms with Crippen LogP contribution in [0.4, 0.5) is 29.2 Å². The molecule has 4 rings (SSSR count).